The molecule has 1 aliphatic heterocycles. The summed E-state index contributed by atoms with van der Waals surface area (Å²) in [5.74, 6) is -2.14. The zero-order valence-corrected chi connectivity index (χ0v) is 17.9. The molecule has 8 heteroatoms. The Bertz CT molecular complexity index is 820. The first kappa shape index (κ1) is 21.8. The van der Waals surface area contributed by atoms with Gasteiger partial charge in [-0.05, 0) is 12.8 Å². The summed E-state index contributed by atoms with van der Waals surface area (Å²) in [6.07, 6.45) is 2.65. The summed E-state index contributed by atoms with van der Waals surface area (Å²) >= 11 is 0. The topological polar surface area (TPSA) is 100 Å². The molecule has 1 amide bonds. The number of ether oxygens (including phenoxy) is 4. The average Bonchev–Trinajstić information content (AvgIpc) is 3.21. The number of esters is 2. The Balaban J connectivity index is 1.54. The second kappa shape index (κ2) is 8.96. The lowest BCUT2D eigenvalue weighted by Gasteiger charge is -2.34. The highest BCUT2D eigenvalue weighted by molar-refractivity contribution is 5.80. The SMILES string of the molecule is CC(=O)N[C@H]1C[C@H]2OC3(CCCCC3)O[C@H]2[C@H]1OC(=O)[C@@H](OC(C)=O)c1ccccc1. The van der Waals surface area contributed by atoms with Crippen LogP contribution in [0.3, 0.4) is 0 Å². The highest BCUT2D eigenvalue weighted by Gasteiger charge is 2.58. The van der Waals surface area contributed by atoms with Gasteiger partial charge in [-0.25, -0.2) is 4.79 Å². The Morgan fingerprint density at radius 3 is 2.42 bits per heavy atom. The molecule has 1 N–H and O–H groups in total. The molecule has 1 aromatic rings. The smallest absolute Gasteiger partial charge is 0.352 e. The van der Waals surface area contributed by atoms with E-state index >= 15 is 0 Å². The van der Waals surface area contributed by atoms with E-state index in [-0.39, 0.29) is 12.0 Å². The molecule has 31 heavy (non-hydrogen) atoms. The fraction of sp³-hybridized carbons (Fsp3) is 0.609. The number of hydrogen-bond acceptors (Lipinski definition) is 7. The first-order valence-corrected chi connectivity index (χ1v) is 10.9. The maximum absolute atomic E-state index is 13.1. The monoisotopic (exact) mass is 431 g/mol. The fourth-order valence-electron chi connectivity index (χ4n) is 4.89. The zero-order valence-electron chi connectivity index (χ0n) is 17.9. The number of amides is 1. The van der Waals surface area contributed by atoms with Crippen LogP contribution in [0.25, 0.3) is 0 Å². The third kappa shape index (κ3) is 4.75. The van der Waals surface area contributed by atoms with E-state index in [1.807, 2.05) is 0 Å². The van der Waals surface area contributed by atoms with Gasteiger partial charge in [-0.3, -0.25) is 9.59 Å². The molecule has 3 fully saturated rings. The number of carbonyl (C=O) groups excluding carboxylic acids is 3. The number of carbonyl (C=O) groups is 3. The number of benzene rings is 1. The van der Waals surface area contributed by atoms with Crippen molar-refractivity contribution in [3.8, 4) is 0 Å². The predicted octanol–water partition coefficient (Wildman–Crippen LogP) is 2.56. The van der Waals surface area contributed by atoms with Gasteiger partial charge in [0.15, 0.2) is 11.9 Å². The molecule has 0 bridgehead atoms. The molecule has 1 saturated heterocycles. The van der Waals surface area contributed by atoms with E-state index in [0.717, 1.165) is 32.1 Å². The normalized spacial score (nSPS) is 29.7. The molecule has 168 valence electrons. The van der Waals surface area contributed by atoms with Crippen molar-refractivity contribution in [2.45, 2.75) is 88.6 Å². The fourth-order valence-corrected chi connectivity index (χ4v) is 4.89. The van der Waals surface area contributed by atoms with E-state index in [1.165, 1.54) is 13.8 Å². The maximum atomic E-state index is 13.1. The first-order valence-electron chi connectivity index (χ1n) is 10.9. The molecular formula is C23H29NO7. The van der Waals surface area contributed by atoms with Crippen molar-refractivity contribution in [3.05, 3.63) is 35.9 Å². The molecule has 4 rings (SSSR count). The van der Waals surface area contributed by atoms with Crippen molar-refractivity contribution in [2.75, 3.05) is 0 Å². The lowest BCUT2D eigenvalue weighted by atomic mass is 9.94. The van der Waals surface area contributed by atoms with E-state index in [2.05, 4.69) is 5.32 Å². The maximum Gasteiger partial charge on any atom is 0.352 e. The van der Waals surface area contributed by atoms with Gasteiger partial charge < -0.3 is 24.3 Å². The van der Waals surface area contributed by atoms with Crippen molar-refractivity contribution < 1.29 is 33.3 Å². The number of rotatable bonds is 5. The van der Waals surface area contributed by atoms with Gasteiger partial charge in [-0.1, -0.05) is 36.8 Å². The van der Waals surface area contributed by atoms with Crippen LogP contribution < -0.4 is 5.32 Å². The minimum atomic E-state index is -1.19. The van der Waals surface area contributed by atoms with E-state index in [1.54, 1.807) is 30.3 Å². The third-order valence-corrected chi connectivity index (χ3v) is 6.15. The van der Waals surface area contributed by atoms with Gasteiger partial charge in [-0.2, -0.15) is 0 Å². The van der Waals surface area contributed by atoms with Crippen molar-refractivity contribution >= 4 is 17.8 Å². The van der Waals surface area contributed by atoms with E-state index in [9.17, 15) is 14.4 Å². The van der Waals surface area contributed by atoms with E-state index < -0.39 is 42.1 Å². The third-order valence-electron chi connectivity index (χ3n) is 6.15. The second-order valence-corrected chi connectivity index (χ2v) is 8.55. The van der Waals surface area contributed by atoms with Gasteiger partial charge in [0, 0.05) is 38.7 Å². The average molecular weight is 431 g/mol. The molecule has 2 aliphatic carbocycles. The molecule has 0 unspecified atom stereocenters. The van der Waals surface area contributed by atoms with Crippen molar-refractivity contribution in [2.24, 2.45) is 0 Å². The molecule has 1 heterocycles. The standard InChI is InChI=1S/C23H29NO7/c1-14(25)24-17-13-18-21(31-23(30-18)11-7-4-8-12-23)20(17)29-22(27)19(28-15(2)26)16-9-5-3-6-10-16/h3,5-6,9-10,17-21H,4,7-8,11-13H2,1-2H3,(H,24,25)/t17-,18+,19-,20-,21+/m0/s1. The summed E-state index contributed by atoms with van der Waals surface area (Å²) in [6, 6.07) is 8.28. The highest BCUT2D eigenvalue weighted by atomic mass is 16.8. The van der Waals surface area contributed by atoms with Crippen LogP contribution in [0.15, 0.2) is 30.3 Å². The summed E-state index contributed by atoms with van der Waals surface area (Å²) in [5, 5.41) is 2.85. The van der Waals surface area contributed by atoms with Gasteiger partial charge >= 0.3 is 11.9 Å². The number of nitrogens with one attached hydrogen (secondary N) is 1. The Morgan fingerprint density at radius 1 is 1.06 bits per heavy atom. The lowest BCUT2D eigenvalue weighted by molar-refractivity contribution is -0.213. The van der Waals surface area contributed by atoms with Crippen LogP contribution in [0.2, 0.25) is 0 Å². The first-order chi connectivity index (χ1) is 14.9. The number of fused-ring (bicyclic) bond motifs is 1. The van der Waals surface area contributed by atoms with Gasteiger partial charge in [0.1, 0.15) is 6.10 Å². The van der Waals surface area contributed by atoms with Crippen LogP contribution in [-0.4, -0.2) is 48.0 Å². The van der Waals surface area contributed by atoms with Gasteiger partial charge in [0.05, 0.1) is 12.1 Å². The minimum Gasteiger partial charge on any atom is -0.454 e. The van der Waals surface area contributed by atoms with Gasteiger partial charge in [-0.15, -0.1) is 0 Å². The predicted molar refractivity (Wildman–Crippen MR) is 109 cm³/mol. The molecule has 8 nitrogen and oxygen atoms in total. The van der Waals surface area contributed by atoms with E-state index in [4.69, 9.17) is 18.9 Å². The Kier molecular flexibility index (Phi) is 6.29. The molecule has 1 spiro atoms. The van der Waals surface area contributed by atoms with Crippen molar-refractivity contribution in [3.63, 3.8) is 0 Å². The molecular weight excluding hydrogens is 402 g/mol. The summed E-state index contributed by atoms with van der Waals surface area (Å²) in [4.78, 5) is 36.5. The molecule has 3 aliphatic rings. The highest BCUT2D eigenvalue weighted by Crippen LogP contribution is 2.46. The molecule has 5 atom stereocenters. The Morgan fingerprint density at radius 2 is 1.77 bits per heavy atom. The summed E-state index contributed by atoms with van der Waals surface area (Å²) in [7, 11) is 0. The van der Waals surface area contributed by atoms with Crippen molar-refractivity contribution in [1.29, 1.82) is 0 Å². The van der Waals surface area contributed by atoms with Crippen LogP contribution in [0, 0.1) is 0 Å². The van der Waals surface area contributed by atoms with Crippen LogP contribution in [0.4, 0.5) is 0 Å². The minimum absolute atomic E-state index is 0.224. The van der Waals surface area contributed by atoms with Crippen LogP contribution >= 0.6 is 0 Å². The summed E-state index contributed by atoms with van der Waals surface area (Å²) in [5.41, 5.74) is 0.515. The van der Waals surface area contributed by atoms with E-state index in [0.29, 0.717) is 12.0 Å². The number of hydrogen-bond donors (Lipinski definition) is 1. The molecule has 1 aromatic carbocycles. The second-order valence-electron chi connectivity index (χ2n) is 8.55. The summed E-state index contributed by atoms with van der Waals surface area (Å²) < 4.78 is 23.8. The zero-order chi connectivity index (χ0) is 22.0. The molecule has 0 aromatic heterocycles. The molecule has 0 radical (unpaired) electrons. The van der Waals surface area contributed by atoms with Gasteiger partial charge in [0.25, 0.3) is 0 Å². The van der Waals surface area contributed by atoms with Crippen LogP contribution in [0.1, 0.15) is 64.0 Å². The lowest BCUT2D eigenvalue weighted by Crippen LogP contribution is -2.47. The Labute approximate surface area is 181 Å². The van der Waals surface area contributed by atoms with Crippen LogP contribution in [-0.2, 0) is 33.3 Å². The van der Waals surface area contributed by atoms with Gasteiger partial charge in [0.2, 0.25) is 12.0 Å². The Hall–Kier alpha value is -2.45. The molecule has 2 saturated carbocycles. The van der Waals surface area contributed by atoms with Crippen LogP contribution in [0.5, 0.6) is 0 Å². The summed E-state index contributed by atoms with van der Waals surface area (Å²) in [6.45, 7) is 2.67. The largest absolute Gasteiger partial charge is 0.454 e. The quantitative estimate of drug-likeness (QED) is 0.715. The van der Waals surface area contributed by atoms with Crippen molar-refractivity contribution in [1.82, 2.24) is 5.32 Å².